The van der Waals surface area contributed by atoms with Crippen molar-refractivity contribution in [2.75, 3.05) is 13.1 Å². The summed E-state index contributed by atoms with van der Waals surface area (Å²) in [7, 11) is 0. The third-order valence-corrected chi connectivity index (χ3v) is 4.30. The molecule has 1 heterocycles. The van der Waals surface area contributed by atoms with Gasteiger partial charge in [-0.25, -0.2) is 4.39 Å². The number of hydrogen-bond acceptors (Lipinski definition) is 2. The Kier molecular flexibility index (Phi) is 4.14. The van der Waals surface area contributed by atoms with E-state index in [0.29, 0.717) is 6.04 Å². The van der Waals surface area contributed by atoms with E-state index in [1.54, 1.807) is 12.1 Å². The van der Waals surface area contributed by atoms with Crippen molar-refractivity contribution >= 4 is 0 Å². The summed E-state index contributed by atoms with van der Waals surface area (Å²) in [6.45, 7) is 2.92. The Labute approximate surface area is 115 Å². The quantitative estimate of drug-likeness (QED) is 0.877. The molecule has 1 aliphatic carbocycles. The highest BCUT2D eigenvalue weighted by Gasteiger charge is 2.26. The fourth-order valence-electron chi connectivity index (χ4n) is 2.93. The lowest BCUT2D eigenvalue weighted by Crippen LogP contribution is -2.45. The summed E-state index contributed by atoms with van der Waals surface area (Å²) >= 11 is 0. The van der Waals surface area contributed by atoms with Crippen LogP contribution in [0.5, 0.6) is 0 Å². The van der Waals surface area contributed by atoms with E-state index < -0.39 is 0 Å². The van der Waals surface area contributed by atoms with Gasteiger partial charge in [0, 0.05) is 30.7 Å². The lowest BCUT2D eigenvalue weighted by molar-refractivity contribution is 0.135. The first kappa shape index (κ1) is 13.1. The Morgan fingerprint density at radius 2 is 2.00 bits per heavy atom. The molecule has 1 atom stereocenters. The molecule has 1 aliphatic heterocycles. The summed E-state index contributed by atoms with van der Waals surface area (Å²) in [5.41, 5.74) is 0.834. The minimum absolute atomic E-state index is 0.0676. The molecule has 0 spiro atoms. The summed E-state index contributed by atoms with van der Waals surface area (Å²) in [6.07, 6.45) is 6.47. The van der Waals surface area contributed by atoms with Crippen LogP contribution >= 0.6 is 0 Å². The zero-order valence-corrected chi connectivity index (χ0v) is 11.4. The highest BCUT2D eigenvalue weighted by Crippen LogP contribution is 2.23. The highest BCUT2D eigenvalue weighted by atomic mass is 19.1. The van der Waals surface area contributed by atoms with E-state index in [9.17, 15) is 4.39 Å². The summed E-state index contributed by atoms with van der Waals surface area (Å²) in [4.78, 5) is 2.46. The Morgan fingerprint density at radius 3 is 2.79 bits per heavy atom. The molecule has 2 aliphatic rings. The van der Waals surface area contributed by atoms with E-state index in [0.717, 1.165) is 31.2 Å². The molecule has 104 valence electrons. The van der Waals surface area contributed by atoms with Crippen molar-refractivity contribution in [1.29, 1.82) is 0 Å². The number of nitrogens with one attached hydrogen (secondary N) is 1. The van der Waals surface area contributed by atoms with Crippen LogP contribution in [0.3, 0.4) is 0 Å². The molecule has 3 rings (SSSR count). The SMILES string of the molecule is Fc1ccccc1CN1CCCCC1CNC1CC1. The molecule has 2 nitrogen and oxygen atoms in total. The molecule has 0 amide bonds. The minimum atomic E-state index is -0.0676. The summed E-state index contributed by atoms with van der Waals surface area (Å²) < 4.78 is 13.8. The number of hydrogen-bond donors (Lipinski definition) is 1. The molecule has 1 saturated carbocycles. The summed E-state index contributed by atoms with van der Waals surface area (Å²) in [5, 5.41) is 3.62. The zero-order valence-electron chi connectivity index (χ0n) is 11.4. The topological polar surface area (TPSA) is 15.3 Å². The highest BCUT2D eigenvalue weighted by molar-refractivity contribution is 5.17. The van der Waals surface area contributed by atoms with Crippen molar-refractivity contribution < 1.29 is 4.39 Å². The lowest BCUT2D eigenvalue weighted by Gasteiger charge is -2.36. The van der Waals surface area contributed by atoms with Gasteiger partial charge in [0.05, 0.1) is 0 Å². The first-order valence-corrected chi connectivity index (χ1v) is 7.54. The maximum Gasteiger partial charge on any atom is 0.127 e. The number of rotatable bonds is 5. The number of piperidine rings is 1. The molecule has 1 unspecified atom stereocenters. The van der Waals surface area contributed by atoms with Gasteiger partial charge in [-0.15, -0.1) is 0 Å². The van der Waals surface area contributed by atoms with Crippen LogP contribution in [0, 0.1) is 5.82 Å². The van der Waals surface area contributed by atoms with E-state index in [1.165, 1.54) is 32.1 Å². The third kappa shape index (κ3) is 3.54. The molecule has 1 aromatic rings. The Hall–Kier alpha value is -0.930. The molecule has 1 aromatic carbocycles. The number of halogens is 1. The van der Waals surface area contributed by atoms with E-state index in [4.69, 9.17) is 0 Å². The molecule has 0 bridgehead atoms. The molecule has 0 radical (unpaired) electrons. The van der Waals surface area contributed by atoms with Gasteiger partial charge < -0.3 is 5.32 Å². The second-order valence-corrected chi connectivity index (χ2v) is 5.89. The van der Waals surface area contributed by atoms with Gasteiger partial charge in [0.2, 0.25) is 0 Å². The average Bonchev–Trinajstić information content (AvgIpc) is 3.24. The van der Waals surface area contributed by atoms with Crippen molar-refractivity contribution in [3.05, 3.63) is 35.6 Å². The predicted molar refractivity (Wildman–Crippen MR) is 75.5 cm³/mol. The first-order valence-electron chi connectivity index (χ1n) is 7.54. The van der Waals surface area contributed by atoms with Gasteiger partial charge in [0.25, 0.3) is 0 Å². The lowest BCUT2D eigenvalue weighted by atomic mass is 10.0. The van der Waals surface area contributed by atoms with Gasteiger partial charge in [-0.2, -0.15) is 0 Å². The van der Waals surface area contributed by atoms with Crippen molar-refractivity contribution in [2.24, 2.45) is 0 Å². The van der Waals surface area contributed by atoms with Crippen LogP contribution < -0.4 is 5.32 Å². The van der Waals surface area contributed by atoms with E-state index in [2.05, 4.69) is 10.2 Å². The predicted octanol–water partition coefficient (Wildman–Crippen LogP) is 2.93. The average molecular weight is 262 g/mol. The second-order valence-electron chi connectivity index (χ2n) is 5.89. The second kappa shape index (κ2) is 6.02. The number of benzene rings is 1. The van der Waals surface area contributed by atoms with Gasteiger partial charge in [-0.1, -0.05) is 24.6 Å². The number of nitrogens with zero attached hydrogens (tertiary/aromatic N) is 1. The minimum Gasteiger partial charge on any atom is -0.312 e. The molecule has 0 aromatic heterocycles. The van der Waals surface area contributed by atoms with Gasteiger partial charge in [0.1, 0.15) is 5.82 Å². The smallest absolute Gasteiger partial charge is 0.127 e. The van der Waals surface area contributed by atoms with E-state index in [1.807, 2.05) is 12.1 Å². The fraction of sp³-hybridized carbons (Fsp3) is 0.625. The van der Waals surface area contributed by atoms with Gasteiger partial charge >= 0.3 is 0 Å². The summed E-state index contributed by atoms with van der Waals surface area (Å²) in [6, 6.07) is 8.51. The molecule has 19 heavy (non-hydrogen) atoms. The van der Waals surface area contributed by atoms with Crippen molar-refractivity contribution in [1.82, 2.24) is 10.2 Å². The molecule has 3 heteroatoms. The van der Waals surface area contributed by atoms with Crippen LogP contribution in [0.25, 0.3) is 0 Å². The third-order valence-electron chi connectivity index (χ3n) is 4.30. The van der Waals surface area contributed by atoms with Crippen molar-refractivity contribution in [3.63, 3.8) is 0 Å². The first-order chi connectivity index (χ1) is 9.33. The maximum atomic E-state index is 13.8. The van der Waals surface area contributed by atoms with Crippen LogP contribution in [0.1, 0.15) is 37.7 Å². The molecular weight excluding hydrogens is 239 g/mol. The van der Waals surface area contributed by atoms with Gasteiger partial charge in [-0.05, 0) is 38.3 Å². The van der Waals surface area contributed by atoms with Crippen LogP contribution in [0.2, 0.25) is 0 Å². The molecule has 2 fully saturated rings. The van der Waals surface area contributed by atoms with Gasteiger partial charge in [0.15, 0.2) is 0 Å². The normalized spacial score (nSPS) is 24.6. The maximum absolute atomic E-state index is 13.8. The van der Waals surface area contributed by atoms with Crippen LogP contribution in [0.15, 0.2) is 24.3 Å². The van der Waals surface area contributed by atoms with Crippen LogP contribution in [-0.4, -0.2) is 30.1 Å². The van der Waals surface area contributed by atoms with Crippen LogP contribution in [-0.2, 0) is 6.54 Å². The standard InChI is InChI=1S/C16H23FN2/c17-16-7-2-1-5-13(16)12-19-10-4-3-6-15(19)11-18-14-8-9-14/h1-2,5,7,14-15,18H,3-4,6,8-12H2. The fourth-order valence-corrected chi connectivity index (χ4v) is 2.93. The molecule has 1 N–H and O–H groups in total. The van der Waals surface area contributed by atoms with Crippen molar-refractivity contribution in [2.45, 2.75) is 50.7 Å². The van der Waals surface area contributed by atoms with Crippen molar-refractivity contribution in [3.8, 4) is 0 Å². The molecular formula is C16H23FN2. The Bertz CT molecular complexity index is 417. The molecule has 1 saturated heterocycles. The van der Waals surface area contributed by atoms with E-state index in [-0.39, 0.29) is 5.82 Å². The monoisotopic (exact) mass is 262 g/mol. The van der Waals surface area contributed by atoms with Crippen LogP contribution in [0.4, 0.5) is 4.39 Å². The summed E-state index contributed by atoms with van der Waals surface area (Å²) in [5.74, 6) is -0.0676. The number of likely N-dealkylation sites (tertiary alicyclic amines) is 1. The van der Waals surface area contributed by atoms with E-state index >= 15 is 0 Å². The largest absolute Gasteiger partial charge is 0.312 e. The Morgan fingerprint density at radius 1 is 1.16 bits per heavy atom. The zero-order chi connectivity index (χ0) is 13.1. The van der Waals surface area contributed by atoms with Gasteiger partial charge in [-0.3, -0.25) is 4.90 Å². The Balaban J connectivity index is 1.60.